The van der Waals surface area contributed by atoms with Crippen LogP contribution >= 0.6 is 0 Å². The average Bonchev–Trinajstić information content (AvgIpc) is 2.74. The highest BCUT2D eigenvalue weighted by Crippen LogP contribution is 2.27. The minimum atomic E-state index is -0.0156. The molecule has 4 unspecified atom stereocenters. The van der Waals surface area contributed by atoms with Crippen LogP contribution < -0.4 is 0 Å². The summed E-state index contributed by atoms with van der Waals surface area (Å²) in [6, 6.07) is 0.233. The zero-order valence-electron chi connectivity index (χ0n) is 20.7. The second kappa shape index (κ2) is 18.4. The van der Waals surface area contributed by atoms with Crippen LogP contribution in [0.4, 0.5) is 0 Å². The van der Waals surface area contributed by atoms with Gasteiger partial charge in [-0.05, 0) is 38.6 Å². The quantitative estimate of drug-likeness (QED) is 0.255. The van der Waals surface area contributed by atoms with Crippen LogP contribution in [-0.2, 0) is 18.9 Å². The Kier molecular flexibility index (Phi) is 17.1. The van der Waals surface area contributed by atoms with Crippen LogP contribution in [0, 0.1) is 0 Å². The first-order chi connectivity index (χ1) is 14.7. The number of ether oxygens (including phenoxy) is 4. The Labute approximate surface area is 187 Å². The van der Waals surface area contributed by atoms with Crippen LogP contribution in [0.2, 0.25) is 0 Å². The number of hydrogen-bond acceptors (Lipinski definition) is 5. The Hall–Kier alpha value is -0.200. The van der Waals surface area contributed by atoms with Gasteiger partial charge in [-0.3, -0.25) is 4.90 Å². The predicted octanol–water partition coefficient (Wildman–Crippen LogP) is 5.45. The molecule has 0 bridgehead atoms. The van der Waals surface area contributed by atoms with Crippen molar-refractivity contribution in [1.29, 1.82) is 0 Å². The molecule has 4 atom stereocenters. The van der Waals surface area contributed by atoms with Gasteiger partial charge in [0, 0.05) is 33.0 Å². The summed E-state index contributed by atoms with van der Waals surface area (Å²) in [6.45, 7) is 16.9. The highest BCUT2D eigenvalue weighted by atomic mass is 16.6. The van der Waals surface area contributed by atoms with Crippen LogP contribution in [0.15, 0.2) is 0 Å². The Balaban J connectivity index is 2.98. The first-order valence-corrected chi connectivity index (χ1v) is 12.9. The average molecular weight is 430 g/mol. The van der Waals surface area contributed by atoms with E-state index in [9.17, 15) is 0 Å². The highest BCUT2D eigenvalue weighted by Gasteiger charge is 2.45. The van der Waals surface area contributed by atoms with E-state index in [4.69, 9.17) is 18.9 Å². The second-order valence-electron chi connectivity index (χ2n) is 8.63. The molecular weight excluding hydrogens is 378 g/mol. The molecule has 1 aliphatic rings. The van der Waals surface area contributed by atoms with E-state index in [0.29, 0.717) is 6.61 Å². The van der Waals surface area contributed by atoms with Gasteiger partial charge in [0.15, 0.2) is 0 Å². The predicted molar refractivity (Wildman–Crippen MR) is 125 cm³/mol. The molecule has 1 saturated heterocycles. The Morgan fingerprint density at radius 2 is 1.17 bits per heavy atom. The largest absolute Gasteiger partial charge is 0.380 e. The Morgan fingerprint density at radius 3 is 1.73 bits per heavy atom. The lowest BCUT2D eigenvalue weighted by Crippen LogP contribution is -2.65. The lowest BCUT2D eigenvalue weighted by Gasteiger charge is -2.48. The summed E-state index contributed by atoms with van der Waals surface area (Å²) in [5, 5.41) is 0. The SMILES string of the molecule is CCCCOCC1C(OCCCC)C(OCCCC)C(OCCCC)CN1CCC. The smallest absolute Gasteiger partial charge is 0.113 e. The number of unbranched alkanes of at least 4 members (excludes halogenated alkanes) is 4. The Morgan fingerprint density at radius 1 is 0.633 bits per heavy atom. The third-order valence-corrected chi connectivity index (χ3v) is 5.84. The molecule has 1 rings (SSSR count). The van der Waals surface area contributed by atoms with E-state index in [1.165, 1.54) is 0 Å². The van der Waals surface area contributed by atoms with Crippen molar-refractivity contribution in [2.75, 3.05) is 46.1 Å². The van der Waals surface area contributed by atoms with Gasteiger partial charge in [-0.25, -0.2) is 0 Å². The van der Waals surface area contributed by atoms with Crippen molar-refractivity contribution in [3.05, 3.63) is 0 Å². The van der Waals surface area contributed by atoms with Crippen LogP contribution in [0.3, 0.4) is 0 Å². The molecule has 1 fully saturated rings. The molecule has 0 aliphatic carbocycles. The molecule has 0 amide bonds. The first-order valence-electron chi connectivity index (χ1n) is 12.9. The number of piperidine rings is 1. The molecule has 1 heterocycles. The molecular formula is C25H51NO4. The lowest BCUT2D eigenvalue weighted by atomic mass is 9.93. The zero-order chi connectivity index (χ0) is 22.0. The monoisotopic (exact) mass is 429 g/mol. The molecule has 180 valence electrons. The van der Waals surface area contributed by atoms with Gasteiger partial charge in [-0.1, -0.05) is 60.3 Å². The van der Waals surface area contributed by atoms with E-state index in [0.717, 1.165) is 97.3 Å². The normalized spacial score (nSPS) is 25.1. The summed E-state index contributed by atoms with van der Waals surface area (Å²) in [6.07, 6.45) is 10.1. The number of rotatable bonds is 19. The van der Waals surface area contributed by atoms with Gasteiger partial charge in [0.25, 0.3) is 0 Å². The van der Waals surface area contributed by atoms with Gasteiger partial charge in [0.1, 0.15) is 12.2 Å². The van der Waals surface area contributed by atoms with Gasteiger partial charge in [0.2, 0.25) is 0 Å². The van der Waals surface area contributed by atoms with Crippen LogP contribution in [0.5, 0.6) is 0 Å². The number of nitrogens with zero attached hydrogens (tertiary/aromatic N) is 1. The van der Waals surface area contributed by atoms with Gasteiger partial charge < -0.3 is 18.9 Å². The fourth-order valence-corrected chi connectivity index (χ4v) is 3.97. The van der Waals surface area contributed by atoms with Gasteiger partial charge in [-0.2, -0.15) is 0 Å². The summed E-state index contributed by atoms with van der Waals surface area (Å²) >= 11 is 0. The van der Waals surface area contributed by atoms with Crippen molar-refractivity contribution in [2.45, 2.75) is 117 Å². The fraction of sp³-hybridized carbons (Fsp3) is 1.00. The van der Waals surface area contributed by atoms with E-state index in [1.807, 2.05) is 0 Å². The van der Waals surface area contributed by atoms with Crippen molar-refractivity contribution < 1.29 is 18.9 Å². The van der Waals surface area contributed by atoms with Crippen molar-refractivity contribution in [1.82, 2.24) is 4.90 Å². The minimum Gasteiger partial charge on any atom is -0.380 e. The molecule has 30 heavy (non-hydrogen) atoms. The van der Waals surface area contributed by atoms with Gasteiger partial charge >= 0.3 is 0 Å². The first kappa shape index (κ1) is 27.8. The third kappa shape index (κ3) is 10.4. The second-order valence-corrected chi connectivity index (χ2v) is 8.63. The molecule has 0 spiro atoms. The number of likely N-dealkylation sites (tertiary alicyclic amines) is 1. The lowest BCUT2D eigenvalue weighted by molar-refractivity contribution is -0.201. The van der Waals surface area contributed by atoms with Crippen LogP contribution in [0.1, 0.15) is 92.4 Å². The zero-order valence-corrected chi connectivity index (χ0v) is 20.7. The van der Waals surface area contributed by atoms with Crippen molar-refractivity contribution in [2.24, 2.45) is 0 Å². The maximum Gasteiger partial charge on any atom is 0.113 e. The van der Waals surface area contributed by atoms with Gasteiger partial charge in [-0.15, -0.1) is 0 Å². The molecule has 5 heteroatoms. The maximum atomic E-state index is 6.52. The van der Waals surface area contributed by atoms with E-state index in [-0.39, 0.29) is 24.4 Å². The molecule has 0 aromatic heterocycles. The molecule has 0 aromatic rings. The number of hydrogen-bond donors (Lipinski definition) is 0. The fourth-order valence-electron chi connectivity index (χ4n) is 3.97. The molecule has 0 radical (unpaired) electrons. The van der Waals surface area contributed by atoms with Crippen LogP contribution in [-0.4, -0.2) is 75.4 Å². The molecule has 0 saturated carbocycles. The summed E-state index contributed by atoms with van der Waals surface area (Å²) in [7, 11) is 0. The Bertz CT molecular complexity index is 382. The summed E-state index contributed by atoms with van der Waals surface area (Å²) < 4.78 is 25.5. The van der Waals surface area contributed by atoms with Crippen molar-refractivity contribution >= 4 is 0 Å². The van der Waals surface area contributed by atoms with Crippen LogP contribution in [0.25, 0.3) is 0 Å². The summed E-state index contributed by atoms with van der Waals surface area (Å²) in [4.78, 5) is 2.54. The van der Waals surface area contributed by atoms with Crippen molar-refractivity contribution in [3.63, 3.8) is 0 Å². The third-order valence-electron chi connectivity index (χ3n) is 5.84. The van der Waals surface area contributed by atoms with E-state index in [1.54, 1.807) is 0 Å². The standard InChI is InChI=1S/C25H51NO4/c1-6-11-16-27-21-22-24(29-18-13-8-3)25(30-19-14-9-4)23(28-17-12-7-2)20-26(22)15-10-5/h22-25H,6-21H2,1-5H3. The van der Waals surface area contributed by atoms with E-state index in [2.05, 4.69) is 39.5 Å². The van der Waals surface area contributed by atoms with Crippen molar-refractivity contribution in [3.8, 4) is 0 Å². The molecule has 0 N–H and O–H groups in total. The summed E-state index contributed by atoms with van der Waals surface area (Å²) in [5.74, 6) is 0. The molecule has 0 aromatic carbocycles. The van der Waals surface area contributed by atoms with Gasteiger partial charge in [0.05, 0.1) is 18.8 Å². The molecule has 5 nitrogen and oxygen atoms in total. The van der Waals surface area contributed by atoms with E-state index >= 15 is 0 Å². The highest BCUT2D eigenvalue weighted by molar-refractivity contribution is 4.97. The molecule has 1 aliphatic heterocycles. The topological polar surface area (TPSA) is 40.2 Å². The van der Waals surface area contributed by atoms with E-state index < -0.39 is 0 Å². The maximum absolute atomic E-state index is 6.52. The summed E-state index contributed by atoms with van der Waals surface area (Å²) in [5.41, 5.74) is 0. The minimum absolute atomic E-state index is 0.00181.